The number of aryl methyl sites for hydroxylation is 1. The Balaban J connectivity index is 1.40. The van der Waals surface area contributed by atoms with Crippen molar-refractivity contribution >= 4 is 11.5 Å². The molecular weight excluding hydrogens is 446 g/mol. The molecule has 1 saturated carbocycles. The Morgan fingerprint density at radius 2 is 1.75 bits per heavy atom. The van der Waals surface area contributed by atoms with Crippen LogP contribution in [0.2, 0.25) is 0 Å². The monoisotopic (exact) mass is 479 g/mol. The van der Waals surface area contributed by atoms with Gasteiger partial charge in [0.15, 0.2) is 5.78 Å². The fraction of sp³-hybridized carbons (Fsp3) is 0.267. The minimum atomic E-state index is 0.0286. The highest BCUT2D eigenvalue weighted by Crippen LogP contribution is 2.30. The smallest absolute Gasteiger partial charge is 0.185 e. The van der Waals surface area contributed by atoms with Gasteiger partial charge in [-0.25, -0.2) is 4.68 Å². The first-order valence-electron chi connectivity index (χ1n) is 12.6. The number of carbonyl (C=O) groups excluding carboxylic acids is 1. The maximum absolute atomic E-state index is 13.5. The molecule has 1 atom stereocenters. The lowest BCUT2D eigenvalue weighted by Gasteiger charge is -2.21. The number of anilines is 1. The largest absolute Gasteiger partial charge is 0.399 e. The summed E-state index contributed by atoms with van der Waals surface area (Å²) < 4.78 is 1.73. The molecule has 4 aromatic rings. The maximum atomic E-state index is 13.5. The van der Waals surface area contributed by atoms with Gasteiger partial charge in [-0.1, -0.05) is 48.5 Å². The third-order valence-electron chi connectivity index (χ3n) is 6.73. The van der Waals surface area contributed by atoms with E-state index in [-0.39, 0.29) is 11.8 Å². The van der Waals surface area contributed by atoms with Crippen molar-refractivity contribution in [2.75, 3.05) is 12.3 Å². The topological polar surface area (TPSA) is 99.0 Å². The van der Waals surface area contributed by atoms with Gasteiger partial charge in [0.1, 0.15) is 5.69 Å². The van der Waals surface area contributed by atoms with Gasteiger partial charge in [0, 0.05) is 18.7 Å². The van der Waals surface area contributed by atoms with E-state index < -0.39 is 0 Å². The van der Waals surface area contributed by atoms with Crippen LogP contribution < -0.4 is 16.8 Å². The van der Waals surface area contributed by atoms with Crippen molar-refractivity contribution in [3.05, 3.63) is 113 Å². The molecule has 184 valence electrons. The lowest BCUT2D eigenvalue weighted by Crippen LogP contribution is -2.24. The summed E-state index contributed by atoms with van der Waals surface area (Å²) in [4.78, 5) is 13.5. The second kappa shape index (κ2) is 10.5. The van der Waals surface area contributed by atoms with Gasteiger partial charge in [0.2, 0.25) is 0 Å². The lowest BCUT2D eigenvalue weighted by molar-refractivity contribution is 0.0985. The standard InChI is InChI=1S/C30H33N5O/c1-20-14-28(35(34-20)27-7-3-5-23(16-27)18-31)29(36)17-22-4-2-6-25(15-22)30(33-19-21-8-9-21)24-10-12-26(32)13-11-24/h2-7,10-16,21,30,33H,8-9,17-19,31-32H2,1H3. The molecule has 1 aliphatic carbocycles. The Hall–Kier alpha value is -3.74. The van der Waals surface area contributed by atoms with Gasteiger partial charge in [-0.3, -0.25) is 4.79 Å². The van der Waals surface area contributed by atoms with Gasteiger partial charge in [-0.15, -0.1) is 0 Å². The molecular formula is C30H33N5O. The van der Waals surface area contributed by atoms with E-state index in [1.807, 2.05) is 61.5 Å². The van der Waals surface area contributed by atoms with Crippen LogP contribution in [0.25, 0.3) is 5.69 Å². The molecule has 6 heteroatoms. The number of nitrogens with two attached hydrogens (primary N) is 2. The lowest BCUT2D eigenvalue weighted by atomic mass is 9.95. The average Bonchev–Trinajstić information content (AvgIpc) is 3.64. The molecule has 36 heavy (non-hydrogen) atoms. The van der Waals surface area contributed by atoms with Gasteiger partial charge in [-0.2, -0.15) is 5.10 Å². The number of carbonyl (C=O) groups is 1. The van der Waals surface area contributed by atoms with Gasteiger partial charge < -0.3 is 16.8 Å². The average molecular weight is 480 g/mol. The van der Waals surface area contributed by atoms with E-state index >= 15 is 0 Å². The van der Waals surface area contributed by atoms with Gasteiger partial charge in [0.25, 0.3) is 0 Å². The van der Waals surface area contributed by atoms with Gasteiger partial charge in [-0.05, 0) is 84.8 Å². The van der Waals surface area contributed by atoms with Gasteiger partial charge in [0.05, 0.1) is 17.4 Å². The molecule has 1 unspecified atom stereocenters. The Bertz CT molecular complexity index is 1350. The van der Waals surface area contributed by atoms with Crippen molar-refractivity contribution in [2.45, 2.75) is 38.8 Å². The third kappa shape index (κ3) is 5.56. The quantitative estimate of drug-likeness (QED) is 0.225. The summed E-state index contributed by atoms with van der Waals surface area (Å²) in [6.45, 7) is 3.33. The van der Waals surface area contributed by atoms with Crippen molar-refractivity contribution in [3.8, 4) is 5.69 Å². The number of benzene rings is 3. The highest BCUT2D eigenvalue weighted by atomic mass is 16.1. The first-order valence-corrected chi connectivity index (χ1v) is 12.6. The van der Waals surface area contributed by atoms with Crippen LogP contribution in [-0.2, 0) is 13.0 Å². The summed E-state index contributed by atoms with van der Waals surface area (Å²) >= 11 is 0. The molecule has 1 aromatic heterocycles. The van der Waals surface area contributed by atoms with Crippen LogP contribution in [-0.4, -0.2) is 22.1 Å². The fourth-order valence-electron chi connectivity index (χ4n) is 4.59. The Morgan fingerprint density at radius 3 is 2.50 bits per heavy atom. The van der Waals surface area contributed by atoms with E-state index in [9.17, 15) is 4.79 Å². The van der Waals surface area contributed by atoms with Crippen molar-refractivity contribution in [1.82, 2.24) is 15.1 Å². The van der Waals surface area contributed by atoms with E-state index in [0.717, 1.165) is 46.2 Å². The number of hydrogen-bond acceptors (Lipinski definition) is 5. The number of aromatic nitrogens is 2. The zero-order valence-electron chi connectivity index (χ0n) is 20.7. The molecule has 3 aromatic carbocycles. The van der Waals surface area contributed by atoms with E-state index in [0.29, 0.717) is 18.7 Å². The second-order valence-electron chi connectivity index (χ2n) is 9.75. The molecule has 6 nitrogen and oxygen atoms in total. The summed E-state index contributed by atoms with van der Waals surface area (Å²) in [5, 5.41) is 8.33. The SMILES string of the molecule is Cc1cc(C(=O)Cc2cccc(C(NCC3CC3)c3ccc(N)cc3)c2)n(-c2cccc(CN)c2)n1. The van der Waals surface area contributed by atoms with Crippen LogP contribution in [0.4, 0.5) is 5.69 Å². The number of nitrogen functional groups attached to an aromatic ring is 1. The third-order valence-corrected chi connectivity index (χ3v) is 6.73. The molecule has 0 radical (unpaired) electrons. The number of nitrogens with one attached hydrogen (secondary N) is 1. The van der Waals surface area contributed by atoms with Gasteiger partial charge >= 0.3 is 0 Å². The summed E-state index contributed by atoms with van der Waals surface area (Å²) in [6.07, 6.45) is 2.88. The van der Waals surface area contributed by atoms with E-state index in [4.69, 9.17) is 11.5 Å². The van der Waals surface area contributed by atoms with Crippen LogP contribution in [0.1, 0.15) is 57.3 Å². The van der Waals surface area contributed by atoms with E-state index in [2.05, 4.69) is 34.7 Å². The van der Waals surface area contributed by atoms with Crippen molar-refractivity contribution in [1.29, 1.82) is 0 Å². The first kappa shape index (κ1) is 24.0. The summed E-state index contributed by atoms with van der Waals surface area (Å²) in [6, 6.07) is 26.1. The zero-order chi connectivity index (χ0) is 25.1. The summed E-state index contributed by atoms with van der Waals surface area (Å²) in [5.74, 6) is 0.785. The van der Waals surface area contributed by atoms with Crippen LogP contribution in [0.5, 0.6) is 0 Å². The van der Waals surface area contributed by atoms with Crippen LogP contribution in [0, 0.1) is 12.8 Å². The molecule has 5 N–H and O–H groups in total. The van der Waals surface area contributed by atoms with Crippen LogP contribution >= 0.6 is 0 Å². The Kier molecular flexibility index (Phi) is 6.98. The predicted octanol–water partition coefficient (Wildman–Crippen LogP) is 4.74. The number of ketones is 1. The van der Waals surface area contributed by atoms with E-state index in [1.54, 1.807) is 4.68 Å². The molecule has 0 saturated heterocycles. The highest BCUT2D eigenvalue weighted by molar-refractivity contribution is 5.96. The molecule has 0 aliphatic heterocycles. The molecule has 1 fully saturated rings. The fourth-order valence-corrected chi connectivity index (χ4v) is 4.59. The molecule has 0 bridgehead atoms. The molecule has 0 spiro atoms. The summed E-state index contributed by atoms with van der Waals surface area (Å²) in [7, 11) is 0. The normalized spacial score (nSPS) is 14.1. The van der Waals surface area contributed by atoms with Crippen molar-refractivity contribution < 1.29 is 4.79 Å². The van der Waals surface area contributed by atoms with Crippen LogP contribution in [0.3, 0.4) is 0 Å². The van der Waals surface area contributed by atoms with E-state index in [1.165, 1.54) is 18.4 Å². The highest BCUT2D eigenvalue weighted by Gasteiger charge is 2.24. The Morgan fingerprint density at radius 1 is 1.00 bits per heavy atom. The summed E-state index contributed by atoms with van der Waals surface area (Å²) in [5.41, 5.74) is 19.0. The number of Topliss-reactive ketones (excluding diaryl/α,β-unsaturated/α-hetero) is 1. The second-order valence-corrected chi connectivity index (χ2v) is 9.75. The zero-order valence-corrected chi connectivity index (χ0v) is 20.7. The maximum Gasteiger partial charge on any atom is 0.185 e. The number of nitrogens with zero attached hydrogens (tertiary/aromatic N) is 2. The minimum Gasteiger partial charge on any atom is -0.399 e. The molecule has 1 heterocycles. The molecule has 1 aliphatic rings. The van der Waals surface area contributed by atoms with Crippen molar-refractivity contribution in [2.24, 2.45) is 11.7 Å². The first-order chi connectivity index (χ1) is 17.5. The minimum absolute atomic E-state index is 0.0286. The molecule has 5 rings (SSSR count). The predicted molar refractivity (Wildman–Crippen MR) is 144 cm³/mol. The number of hydrogen-bond donors (Lipinski definition) is 3. The van der Waals surface area contributed by atoms with Crippen LogP contribution in [0.15, 0.2) is 78.9 Å². The number of rotatable bonds is 10. The van der Waals surface area contributed by atoms with Crippen molar-refractivity contribution in [3.63, 3.8) is 0 Å². The Labute approximate surface area is 212 Å². The molecule has 0 amide bonds.